The van der Waals surface area contributed by atoms with Gasteiger partial charge in [0.05, 0.1) is 17.1 Å². The van der Waals surface area contributed by atoms with Crippen LogP contribution in [0.2, 0.25) is 0 Å². The molecule has 0 heterocycles. The summed E-state index contributed by atoms with van der Waals surface area (Å²) in [6, 6.07) is 14.7. The minimum Gasteiger partial charge on any atom is -0.351 e. The highest BCUT2D eigenvalue weighted by Gasteiger charge is 2.23. The van der Waals surface area contributed by atoms with Crippen LogP contribution in [0.25, 0.3) is 0 Å². The Morgan fingerprint density at radius 1 is 1.07 bits per heavy atom. The van der Waals surface area contributed by atoms with Crippen LogP contribution in [0.4, 0.5) is 5.69 Å². The van der Waals surface area contributed by atoms with Crippen molar-refractivity contribution in [2.24, 2.45) is 0 Å². The molecule has 0 aromatic heterocycles. The molecule has 6 nitrogen and oxygen atoms in total. The van der Waals surface area contributed by atoms with E-state index < -0.39 is 10.0 Å². The van der Waals surface area contributed by atoms with Crippen LogP contribution >= 0.6 is 0 Å². The quantitative estimate of drug-likeness (QED) is 0.671. The van der Waals surface area contributed by atoms with E-state index in [-0.39, 0.29) is 17.3 Å². The molecule has 2 aromatic carbocycles. The zero-order valence-corrected chi connectivity index (χ0v) is 16.4. The van der Waals surface area contributed by atoms with Crippen LogP contribution in [0.1, 0.15) is 10.4 Å². The molecule has 27 heavy (non-hydrogen) atoms. The smallest absolute Gasteiger partial charge is 0.264 e. The minimum absolute atomic E-state index is 0.131. The molecule has 144 valence electrons. The standard InChI is InChI=1S/C20H25N3O3S/c1-4-15-23(27(25,26)19-8-6-5-7-9-19)18-12-10-17(11-13-18)20(24)21-14-16-22(2)3/h4-13H,1,14-16H2,2-3H3,(H,21,24). The van der Waals surface area contributed by atoms with Crippen LogP contribution < -0.4 is 9.62 Å². The second-order valence-corrected chi connectivity index (χ2v) is 8.11. The lowest BCUT2D eigenvalue weighted by Crippen LogP contribution is -2.32. The molecule has 7 heteroatoms. The number of benzene rings is 2. The lowest BCUT2D eigenvalue weighted by molar-refractivity contribution is 0.0951. The first-order valence-corrected chi connectivity index (χ1v) is 10.0. The van der Waals surface area contributed by atoms with Gasteiger partial charge in [0.25, 0.3) is 15.9 Å². The summed E-state index contributed by atoms with van der Waals surface area (Å²) in [6.07, 6.45) is 1.53. The van der Waals surface area contributed by atoms with Crippen LogP contribution in [0.3, 0.4) is 0 Å². The van der Waals surface area contributed by atoms with Gasteiger partial charge in [-0.15, -0.1) is 6.58 Å². The Kier molecular flexibility index (Phi) is 7.15. The predicted molar refractivity (Wildman–Crippen MR) is 109 cm³/mol. The van der Waals surface area contributed by atoms with E-state index in [4.69, 9.17) is 0 Å². The average molecular weight is 388 g/mol. The fourth-order valence-electron chi connectivity index (χ4n) is 2.45. The number of likely N-dealkylation sites (N-methyl/N-ethyl adjacent to an activating group) is 1. The van der Waals surface area contributed by atoms with E-state index in [2.05, 4.69) is 11.9 Å². The van der Waals surface area contributed by atoms with Crippen LogP contribution in [-0.4, -0.2) is 53.0 Å². The van der Waals surface area contributed by atoms with Crippen molar-refractivity contribution in [2.75, 3.05) is 38.0 Å². The largest absolute Gasteiger partial charge is 0.351 e. The van der Waals surface area contributed by atoms with E-state index in [9.17, 15) is 13.2 Å². The summed E-state index contributed by atoms with van der Waals surface area (Å²) >= 11 is 0. The highest BCUT2D eigenvalue weighted by molar-refractivity contribution is 7.92. The normalized spacial score (nSPS) is 11.2. The number of hydrogen-bond acceptors (Lipinski definition) is 4. The van der Waals surface area contributed by atoms with Crippen molar-refractivity contribution >= 4 is 21.6 Å². The van der Waals surface area contributed by atoms with Crippen molar-refractivity contribution in [3.05, 3.63) is 72.8 Å². The Bertz CT molecular complexity index is 863. The van der Waals surface area contributed by atoms with Crippen molar-refractivity contribution in [1.82, 2.24) is 10.2 Å². The van der Waals surface area contributed by atoms with Gasteiger partial charge in [-0.2, -0.15) is 0 Å². The maximum absolute atomic E-state index is 12.9. The summed E-state index contributed by atoms with van der Waals surface area (Å²) in [5.41, 5.74) is 0.955. The molecule has 0 aliphatic carbocycles. The number of rotatable bonds is 9. The van der Waals surface area contributed by atoms with Crippen LogP contribution in [0.15, 0.2) is 72.1 Å². The lowest BCUT2D eigenvalue weighted by Gasteiger charge is -2.23. The Labute approximate surface area is 161 Å². The highest BCUT2D eigenvalue weighted by Crippen LogP contribution is 2.24. The third-order valence-corrected chi connectivity index (χ3v) is 5.70. The molecule has 1 N–H and O–H groups in total. The molecule has 0 saturated carbocycles. The van der Waals surface area contributed by atoms with E-state index in [0.29, 0.717) is 17.8 Å². The molecule has 2 rings (SSSR count). The predicted octanol–water partition coefficient (Wildman–Crippen LogP) is 2.36. The second kappa shape index (κ2) is 9.34. The molecule has 0 radical (unpaired) electrons. The average Bonchev–Trinajstić information content (AvgIpc) is 2.66. The van der Waals surface area contributed by atoms with E-state index >= 15 is 0 Å². The summed E-state index contributed by atoms with van der Waals surface area (Å²) < 4.78 is 27.1. The number of carbonyl (C=O) groups excluding carboxylic acids is 1. The Morgan fingerprint density at radius 2 is 1.70 bits per heavy atom. The fourth-order valence-corrected chi connectivity index (χ4v) is 3.91. The molecule has 2 aromatic rings. The molecule has 0 fully saturated rings. The summed E-state index contributed by atoms with van der Waals surface area (Å²) in [5.74, 6) is -0.190. The van der Waals surface area contributed by atoms with Crippen molar-refractivity contribution in [2.45, 2.75) is 4.90 Å². The van der Waals surface area contributed by atoms with Crippen molar-refractivity contribution in [3.8, 4) is 0 Å². The summed E-state index contributed by atoms with van der Waals surface area (Å²) in [5, 5.41) is 2.83. The van der Waals surface area contributed by atoms with E-state index in [1.807, 2.05) is 19.0 Å². The summed E-state index contributed by atoms with van der Waals surface area (Å²) in [4.78, 5) is 14.4. The zero-order valence-electron chi connectivity index (χ0n) is 15.6. The molecule has 0 bridgehead atoms. The summed E-state index contributed by atoms with van der Waals surface area (Å²) in [7, 11) is 0.149. The number of hydrogen-bond donors (Lipinski definition) is 1. The number of amides is 1. The van der Waals surface area contributed by atoms with Gasteiger partial charge in [-0.3, -0.25) is 9.10 Å². The van der Waals surface area contributed by atoms with Gasteiger partial charge in [0.15, 0.2) is 0 Å². The number of nitrogens with one attached hydrogen (secondary N) is 1. The molecule has 0 atom stereocenters. The third-order valence-electron chi connectivity index (χ3n) is 3.89. The van der Waals surface area contributed by atoms with Crippen LogP contribution in [-0.2, 0) is 10.0 Å². The van der Waals surface area contributed by atoms with Gasteiger partial charge < -0.3 is 10.2 Å². The van der Waals surface area contributed by atoms with Gasteiger partial charge in [0.2, 0.25) is 0 Å². The van der Waals surface area contributed by atoms with Gasteiger partial charge in [-0.25, -0.2) is 8.42 Å². The van der Waals surface area contributed by atoms with Gasteiger partial charge in [0.1, 0.15) is 0 Å². The van der Waals surface area contributed by atoms with Crippen LogP contribution in [0.5, 0.6) is 0 Å². The number of carbonyl (C=O) groups is 1. The SMILES string of the molecule is C=CCN(c1ccc(C(=O)NCCN(C)C)cc1)S(=O)(=O)c1ccccc1. The molecular weight excluding hydrogens is 362 g/mol. The maximum atomic E-state index is 12.9. The minimum atomic E-state index is -3.72. The third kappa shape index (κ3) is 5.42. The first-order valence-electron chi connectivity index (χ1n) is 8.58. The topological polar surface area (TPSA) is 69.7 Å². The van der Waals surface area contributed by atoms with Crippen LogP contribution in [0, 0.1) is 0 Å². The first-order chi connectivity index (χ1) is 12.9. The van der Waals surface area contributed by atoms with E-state index in [0.717, 1.165) is 6.54 Å². The van der Waals surface area contributed by atoms with E-state index in [1.54, 1.807) is 54.6 Å². The van der Waals surface area contributed by atoms with Crippen molar-refractivity contribution in [3.63, 3.8) is 0 Å². The molecule has 0 aliphatic heterocycles. The molecule has 0 aliphatic rings. The lowest BCUT2D eigenvalue weighted by atomic mass is 10.2. The highest BCUT2D eigenvalue weighted by atomic mass is 32.2. The van der Waals surface area contributed by atoms with Gasteiger partial charge >= 0.3 is 0 Å². The maximum Gasteiger partial charge on any atom is 0.264 e. The summed E-state index contributed by atoms with van der Waals surface area (Å²) in [6.45, 7) is 5.07. The molecule has 0 unspecified atom stereocenters. The molecule has 1 amide bonds. The first kappa shape index (κ1) is 20.7. The number of sulfonamides is 1. The van der Waals surface area contributed by atoms with Crippen molar-refractivity contribution < 1.29 is 13.2 Å². The Balaban J connectivity index is 2.21. The molecule has 0 spiro atoms. The second-order valence-electron chi connectivity index (χ2n) is 6.24. The number of anilines is 1. The van der Waals surface area contributed by atoms with E-state index in [1.165, 1.54) is 10.4 Å². The fraction of sp³-hybridized carbons (Fsp3) is 0.250. The molecule has 0 saturated heterocycles. The Hall–Kier alpha value is -2.64. The van der Waals surface area contributed by atoms with Gasteiger partial charge in [-0.05, 0) is 50.5 Å². The zero-order chi connectivity index (χ0) is 19.9. The molecular formula is C20H25N3O3S. The van der Waals surface area contributed by atoms with Crippen molar-refractivity contribution in [1.29, 1.82) is 0 Å². The monoisotopic (exact) mass is 387 g/mol. The Morgan fingerprint density at radius 3 is 2.26 bits per heavy atom. The van der Waals surface area contributed by atoms with Gasteiger partial charge in [0, 0.05) is 18.7 Å². The van der Waals surface area contributed by atoms with Gasteiger partial charge in [-0.1, -0.05) is 24.3 Å². The number of nitrogens with zero attached hydrogens (tertiary/aromatic N) is 2.